The average molecular weight is 499 g/mol. The van der Waals surface area contributed by atoms with E-state index in [1.165, 1.54) is 38.5 Å². The van der Waals surface area contributed by atoms with Crippen molar-refractivity contribution in [1.29, 1.82) is 0 Å². The molecular weight excluding hydrogens is 446 g/mol. The van der Waals surface area contributed by atoms with Crippen LogP contribution in [0.2, 0.25) is 0 Å². The van der Waals surface area contributed by atoms with Crippen LogP contribution in [0, 0.1) is 0 Å². The van der Waals surface area contributed by atoms with Gasteiger partial charge in [0.25, 0.3) is 0 Å². The zero-order valence-electron chi connectivity index (χ0n) is 25.2. The maximum Gasteiger partial charge on any atom is 0.437 e. The van der Waals surface area contributed by atoms with Gasteiger partial charge in [-0.3, -0.25) is 14.9 Å². The predicted octanol–water partition coefficient (Wildman–Crippen LogP) is 6.45. The molecule has 0 saturated carbocycles. The molecule has 2 amide bonds. The fourth-order valence-electron chi connectivity index (χ4n) is 3.28. The number of carboxylic acids is 1. The summed E-state index contributed by atoms with van der Waals surface area (Å²) in [6, 6.07) is 0. The lowest BCUT2D eigenvalue weighted by Crippen LogP contribution is -2.45. The molecule has 0 aliphatic heterocycles. The highest BCUT2D eigenvalue weighted by molar-refractivity contribution is 6.01. The number of allylic oxidation sites excluding steroid dienone is 2. The van der Waals surface area contributed by atoms with Crippen LogP contribution in [-0.4, -0.2) is 53.1 Å². The number of ether oxygens (including phenoxy) is 1. The van der Waals surface area contributed by atoms with Gasteiger partial charge in [0.05, 0.1) is 0 Å². The number of aliphatic imine (C=N–C) groups is 1. The quantitative estimate of drug-likeness (QED) is 0.103. The smallest absolute Gasteiger partial charge is 0.437 e. The van der Waals surface area contributed by atoms with Crippen molar-refractivity contribution in [3.05, 3.63) is 12.2 Å². The molecule has 202 valence electrons. The molecule has 35 heavy (non-hydrogen) atoms. The summed E-state index contributed by atoms with van der Waals surface area (Å²) in [4.78, 5) is 39.8. The first-order valence-electron chi connectivity index (χ1n) is 14.5. The van der Waals surface area contributed by atoms with E-state index in [1.54, 1.807) is 20.8 Å². The SMILES string of the molecule is [2H]C([2H])([2H])N(CC(=O)O)C(=NC(=O)OC(C)(C)C)NC(=O)CCCCCCC/C=C\CCCCCCCC. The summed E-state index contributed by atoms with van der Waals surface area (Å²) in [6.07, 6.45) is 18.0. The molecule has 0 heterocycles. The lowest BCUT2D eigenvalue weighted by atomic mass is 10.1. The number of hydrogen-bond donors (Lipinski definition) is 2. The third-order valence-corrected chi connectivity index (χ3v) is 5.06. The van der Waals surface area contributed by atoms with Crippen LogP contribution in [0.15, 0.2) is 17.1 Å². The van der Waals surface area contributed by atoms with Gasteiger partial charge in [0.1, 0.15) is 12.1 Å². The Balaban J connectivity index is 4.52. The summed E-state index contributed by atoms with van der Waals surface area (Å²) in [7, 11) is 0. The molecule has 0 saturated heterocycles. The highest BCUT2D eigenvalue weighted by atomic mass is 16.6. The molecule has 0 aliphatic carbocycles. The number of nitrogens with zero attached hydrogens (tertiary/aromatic N) is 2. The number of rotatable bonds is 17. The molecule has 0 spiro atoms. The minimum atomic E-state index is -2.95. The maximum atomic E-state index is 12.5. The van der Waals surface area contributed by atoms with Crippen LogP contribution in [0.3, 0.4) is 0 Å². The van der Waals surface area contributed by atoms with Gasteiger partial charge in [-0.25, -0.2) is 4.79 Å². The van der Waals surface area contributed by atoms with E-state index >= 15 is 0 Å². The Labute approximate surface area is 216 Å². The Kier molecular flexibility index (Phi) is 15.5. The first-order chi connectivity index (χ1) is 17.8. The van der Waals surface area contributed by atoms with Crippen molar-refractivity contribution in [3.8, 4) is 0 Å². The van der Waals surface area contributed by atoms with E-state index in [-0.39, 0.29) is 6.42 Å². The number of unbranched alkanes of at least 4 members (excludes halogenated alkanes) is 11. The Bertz CT molecular complexity index is 762. The number of likely N-dealkylation sites (N-methyl/N-ethyl adjacent to an activating group) is 1. The van der Waals surface area contributed by atoms with E-state index in [9.17, 15) is 14.4 Å². The third kappa shape index (κ3) is 21.9. The van der Waals surface area contributed by atoms with Crippen molar-refractivity contribution in [1.82, 2.24) is 10.2 Å². The summed E-state index contributed by atoms with van der Waals surface area (Å²) in [5.41, 5.74) is -0.906. The number of carboxylic acid groups (broad SMARTS) is 1. The number of nitrogens with one attached hydrogen (secondary N) is 1. The second kappa shape index (κ2) is 19.9. The molecule has 8 nitrogen and oxygen atoms in total. The number of carbonyl (C=O) groups excluding carboxylic acids is 2. The van der Waals surface area contributed by atoms with Gasteiger partial charge in [0.15, 0.2) is 0 Å². The van der Waals surface area contributed by atoms with Gasteiger partial charge in [-0.2, -0.15) is 0 Å². The Hall–Kier alpha value is -2.38. The van der Waals surface area contributed by atoms with E-state index in [0.717, 1.165) is 38.5 Å². The molecular formula is C27H49N3O5. The normalized spacial score (nSPS) is 13.7. The second-order valence-electron chi connectivity index (χ2n) is 9.78. The third-order valence-electron chi connectivity index (χ3n) is 5.06. The van der Waals surface area contributed by atoms with E-state index in [0.29, 0.717) is 11.3 Å². The zero-order valence-corrected chi connectivity index (χ0v) is 22.2. The van der Waals surface area contributed by atoms with Gasteiger partial charge in [-0.1, -0.05) is 70.4 Å². The summed E-state index contributed by atoms with van der Waals surface area (Å²) < 4.78 is 27.9. The van der Waals surface area contributed by atoms with Crippen molar-refractivity contribution < 1.29 is 28.3 Å². The van der Waals surface area contributed by atoms with Crippen molar-refractivity contribution in [3.63, 3.8) is 0 Å². The lowest BCUT2D eigenvalue weighted by Gasteiger charge is -2.21. The number of carbonyl (C=O) groups is 3. The van der Waals surface area contributed by atoms with Crippen LogP contribution in [0.25, 0.3) is 0 Å². The first-order valence-corrected chi connectivity index (χ1v) is 13.0. The van der Waals surface area contributed by atoms with Crippen molar-refractivity contribution in [2.75, 3.05) is 13.5 Å². The monoisotopic (exact) mass is 498 g/mol. The van der Waals surface area contributed by atoms with Gasteiger partial charge in [-0.15, -0.1) is 4.99 Å². The Morgan fingerprint density at radius 3 is 2.00 bits per heavy atom. The van der Waals surface area contributed by atoms with Crippen LogP contribution in [-0.2, 0) is 14.3 Å². The summed E-state index contributed by atoms with van der Waals surface area (Å²) in [5, 5.41) is 11.4. The molecule has 0 atom stereocenters. The molecule has 0 fully saturated rings. The first kappa shape index (κ1) is 27.2. The second-order valence-corrected chi connectivity index (χ2v) is 9.78. The molecule has 0 aromatic carbocycles. The number of aliphatic carboxylic acids is 1. The Morgan fingerprint density at radius 2 is 1.49 bits per heavy atom. The largest absolute Gasteiger partial charge is 0.480 e. The van der Waals surface area contributed by atoms with Crippen LogP contribution in [0.1, 0.15) is 122 Å². The van der Waals surface area contributed by atoms with Crippen molar-refractivity contribution in [2.24, 2.45) is 4.99 Å². The minimum Gasteiger partial charge on any atom is -0.480 e. The molecule has 0 bridgehead atoms. The summed E-state index contributed by atoms with van der Waals surface area (Å²) in [6.45, 7) is 3.10. The minimum absolute atomic E-state index is 0.0907. The van der Waals surface area contributed by atoms with Gasteiger partial charge in [0.2, 0.25) is 11.9 Å². The number of guanidine groups is 1. The molecule has 2 N–H and O–H groups in total. The van der Waals surface area contributed by atoms with Gasteiger partial charge < -0.3 is 14.7 Å². The lowest BCUT2D eigenvalue weighted by molar-refractivity contribution is -0.137. The molecule has 8 heteroatoms. The highest BCUT2D eigenvalue weighted by Crippen LogP contribution is 2.11. The maximum absolute atomic E-state index is 12.5. The average Bonchev–Trinajstić information content (AvgIpc) is 2.77. The van der Waals surface area contributed by atoms with Crippen molar-refractivity contribution >= 4 is 23.9 Å². The molecule has 0 rings (SSSR count). The van der Waals surface area contributed by atoms with E-state index in [4.69, 9.17) is 14.0 Å². The van der Waals surface area contributed by atoms with Crippen LogP contribution in [0.4, 0.5) is 4.79 Å². The van der Waals surface area contributed by atoms with Crippen LogP contribution >= 0.6 is 0 Å². The molecule has 0 aromatic heterocycles. The number of hydrogen-bond acceptors (Lipinski definition) is 4. The fraction of sp³-hybridized carbons (Fsp3) is 0.778. The van der Waals surface area contributed by atoms with E-state index in [1.807, 2.05) is 0 Å². The fourth-order valence-corrected chi connectivity index (χ4v) is 3.28. The van der Waals surface area contributed by atoms with Gasteiger partial charge in [0, 0.05) is 17.5 Å². The molecule has 0 unspecified atom stereocenters. The van der Waals surface area contributed by atoms with Crippen LogP contribution < -0.4 is 5.32 Å². The molecule has 0 aromatic rings. The predicted molar refractivity (Wildman–Crippen MR) is 142 cm³/mol. The van der Waals surface area contributed by atoms with Gasteiger partial charge in [-0.05, 0) is 52.9 Å². The Morgan fingerprint density at radius 1 is 0.943 bits per heavy atom. The van der Waals surface area contributed by atoms with Crippen molar-refractivity contribution in [2.45, 2.75) is 123 Å². The molecule has 0 radical (unpaired) electrons. The number of amides is 2. The molecule has 0 aliphatic rings. The topological polar surface area (TPSA) is 108 Å². The van der Waals surface area contributed by atoms with Gasteiger partial charge >= 0.3 is 12.1 Å². The zero-order chi connectivity index (χ0) is 29.0. The standard InChI is InChI=1S/C27H49N3O5/c1-6-7-8-9-10-11-12-13-14-15-16-17-18-19-20-21-23(31)28-25(30(5)22-24(32)33)29-26(34)35-27(2,3)4/h13-14H,6-12,15-22H2,1-5H3,(H,32,33)(H,28,29,31,34)/b14-13-/i5D3. The van der Waals surface area contributed by atoms with E-state index < -0.39 is 43.1 Å². The van der Waals surface area contributed by atoms with E-state index in [2.05, 4.69) is 29.4 Å². The summed E-state index contributed by atoms with van der Waals surface area (Å²) in [5.74, 6) is -2.67. The van der Waals surface area contributed by atoms with Crippen LogP contribution in [0.5, 0.6) is 0 Å². The highest BCUT2D eigenvalue weighted by Gasteiger charge is 2.19. The summed E-state index contributed by atoms with van der Waals surface area (Å²) >= 11 is 0.